The van der Waals surface area contributed by atoms with Gasteiger partial charge in [-0.25, -0.2) is 19.9 Å². The van der Waals surface area contributed by atoms with Crippen molar-refractivity contribution in [3.05, 3.63) is 65.2 Å². The van der Waals surface area contributed by atoms with Crippen LogP contribution in [0, 0.1) is 13.8 Å². The largest absolute Gasteiger partial charge is 0.479 e. The van der Waals surface area contributed by atoms with Crippen LogP contribution in [-0.4, -0.2) is 41.2 Å². The molecule has 0 aliphatic rings. The van der Waals surface area contributed by atoms with Gasteiger partial charge in [-0.15, -0.1) is 0 Å². The molecular formula is C21H18ClN7O. The van der Waals surface area contributed by atoms with Crippen LogP contribution in [0.25, 0.3) is 27.9 Å². The van der Waals surface area contributed by atoms with Gasteiger partial charge in [0.15, 0.2) is 5.65 Å². The first kappa shape index (κ1) is 18.5. The highest BCUT2D eigenvalue weighted by molar-refractivity contribution is 6.29. The molecular weight excluding hydrogens is 402 g/mol. The number of hydrogen-bond acceptors (Lipinski definition) is 6. The van der Waals surface area contributed by atoms with Crippen molar-refractivity contribution in [1.29, 1.82) is 0 Å². The Kier molecular flexibility index (Phi) is 4.36. The average molecular weight is 420 g/mol. The molecule has 9 heteroatoms. The van der Waals surface area contributed by atoms with Crippen LogP contribution in [0.3, 0.4) is 0 Å². The third-order valence-electron chi connectivity index (χ3n) is 5.02. The van der Waals surface area contributed by atoms with Gasteiger partial charge in [0, 0.05) is 18.4 Å². The van der Waals surface area contributed by atoms with E-state index in [1.165, 1.54) is 6.33 Å². The lowest BCUT2D eigenvalue weighted by Gasteiger charge is -2.10. The van der Waals surface area contributed by atoms with Gasteiger partial charge in [0.1, 0.15) is 22.8 Å². The number of nitrogens with zero attached hydrogens (tertiary/aromatic N) is 7. The van der Waals surface area contributed by atoms with Gasteiger partial charge in [0.25, 0.3) is 0 Å². The molecule has 0 aliphatic carbocycles. The molecule has 30 heavy (non-hydrogen) atoms. The van der Waals surface area contributed by atoms with Crippen LogP contribution in [0.1, 0.15) is 17.1 Å². The first-order valence-electron chi connectivity index (χ1n) is 9.36. The van der Waals surface area contributed by atoms with Crippen LogP contribution in [0.15, 0.2) is 43.0 Å². The summed E-state index contributed by atoms with van der Waals surface area (Å²) in [4.78, 5) is 22.0. The molecule has 5 aromatic heterocycles. The number of aromatic nitrogens is 7. The van der Waals surface area contributed by atoms with Crippen molar-refractivity contribution in [2.75, 3.05) is 7.11 Å². The summed E-state index contributed by atoms with van der Waals surface area (Å²) in [5.74, 6) is 1.38. The van der Waals surface area contributed by atoms with Gasteiger partial charge in [-0.1, -0.05) is 11.6 Å². The molecule has 0 unspecified atom stereocenters. The SMILES string of the molecule is COc1ncnc2ccn(-c3cnc4nc(C)n(Cc5cc(C)nc(Cl)c5)c4c3)c12. The second-order valence-corrected chi connectivity index (χ2v) is 7.41. The zero-order valence-electron chi connectivity index (χ0n) is 16.7. The van der Waals surface area contributed by atoms with E-state index in [-0.39, 0.29) is 0 Å². The zero-order valence-corrected chi connectivity index (χ0v) is 17.4. The lowest BCUT2D eigenvalue weighted by molar-refractivity contribution is 0.401. The zero-order chi connectivity index (χ0) is 20.8. The first-order chi connectivity index (χ1) is 14.5. The topological polar surface area (TPSA) is 83.5 Å². The van der Waals surface area contributed by atoms with E-state index < -0.39 is 0 Å². The second-order valence-electron chi connectivity index (χ2n) is 7.02. The number of rotatable bonds is 4. The maximum atomic E-state index is 6.15. The Morgan fingerprint density at radius 2 is 1.93 bits per heavy atom. The van der Waals surface area contributed by atoms with Crippen molar-refractivity contribution in [3.8, 4) is 11.6 Å². The normalized spacial score (nSPS) is 11.5. The molecule has 150 valence electrons. The Balaban J connectivity index is 1.66. The molecule has 0 saturated carbocycles. The van der Waals surface area contributed by atoms with E-state index in [0.717, 1.165) is 39.3 Å². The molecule has 0 aromatic carbocycles. The van der Waals surface area contributed by atoms with Crippen molar-refractivity contribution in [2.24, 2.45) is 0 Å². The van der Waals surface area contributed by atoms with Crippen molar-refractivity contribution in [1.82, 2.24) is 34.1 Å². The summed E-state index contributed by atoms with van der Waals surface area (Å²) in [6.45, 7) is 4.52. The Morgan fingerprint density at radius 3 is 2.73 bits per heavy atom. The summed E-state index contributed by atoms with van der Waals surface area (Å²) in [7, 11) is 1.60. The van der Waals surface area contributed by atoms with Gasteiger partial charge in [0.2, 0.25) is 5.88 Å². The van der Waals surface area contributed by atoms with Crippen LogP contribution in [0.4, 0.5) is 0 Å². The fraction of sp³-hybridized carbons (Fsp3) is 0.190. The Hall–Kier alpha value is -3.52. The summed E-state index contributed by atoms with van der Waals surface area (Å²) >= 11 is 6.15. The Labute approximate surface area is 177 Å². The van der Waals surface area contributed by atoms with Gasteiger partial charge in [-0.05, 0) is 43.7 Å². The highest BCUT2D eigenvalue weighted by Crippen LogP contribution is 2.27. The van der Waals surface area contributed by atoms with Gasteiger partial charge in [0.05, 0.1) is 30.0 Å². The number of ether oxygens (including phenoxy) is 1. The van der Waals surface area contributed by atoms with E-state index in [9.17, 15) is 0 Å². The molecule has 5 heterocycles. The Bertz CT molecular complexity index is 1390. The van der Waals surface area contributed by atoms with E-state index in [1.807, 2.05) is 42.8 Å². The van der Waals surface area contributed by atoms with E-state index in [2.05, 4.69) is 35.6 Å². The molecule has 5 aromatic rings. The first-order valence-corrected chi connectivity index (χ1v) is 9.73. The minimum atomic E-state index is 0.483. The van der Waals surface area contributed by atoms with E-state index in [0.29, 0.717) is 23.2 Å². The predicted molar refractivity (Wildman–Crippen MR) is 114 cm³/mol. The second kappa shape index (κ2) is 7.07. The lowest BCUT2D eigenvalue weighted by Crippen LogP contribution is -2.04. The summed E-state index contributed by atoms with van der Waals surface area (Å²) in [5, 5.41) is 0.483. The predicted octanol–water partition coefficient (Wildman–Crippen LogP) is 3.89. The molecule has 0 bridgehead atoms. The summed E-state index contributed by atoms with van der Waals surface area (Å²) < 4.78 is 9.53. The quantitative estimate of drug-likeness (QED) is 0.411. The highest BCUT2D eigenvalue weighted by Gasteiger charge is 2.15. The molecule has 0 N–H and O–H groups in total. The molecule has 0 radical (unpaired) electrons. The fourth-order valence-corrected chi connectivity index (χ4v) is 3.99. The van der Waals surface area contributed by atoms with Crippen LogP contribution in [0.5, 0.6) is 5.88 Å². The molecule has 0 fully saturated rings. The smallest absolute Gasteiger partial charge is 0.241 e. The summed E-state index contributed by atoms with van der Waals surface area (Å²) in [6.07, 6.45) is 5.22. The summed E-state index contributed by atoms with van der Waals surface area (Å²) in [6, 6.07) is 7.88. The molecule has 0 atom stereocenters. The number of pyridine rings is 2. The molecule has 0 spiro atoms. The van der Waals surface area contributed by atoms with Crippen LogP contribution >= 0.6 is 11.6 Å². The minimum Gasteiger partial charge on any atom is -0.479 e. The third-order valence-corrected chi connectivity index (χ3v) is 5.21. The van der Waals surface area contributed by atoms with E-state index in [1.54, 1.807) is 13.3 Å². The maximum Gasteiger partial charge on any atom is 0.241 e. The average Bonchev–Trinajstić information content (AvgIpc) is 3.28. The van der Waals surface area contributed by atoms with Crippen LogP contribution < -0.4 is 4.74 Å². The number of fused-ring (bicyclic) bond motifs is 2. The molecule has 0 saturated heterocycles. The Morgan fingerprint density at radius 1 is 1.07 bits per heavy atom. The van der Waals surface area contributed by atoms with E-state index in [4.69, 9.17) is 16.3 Å². The standard InChI is InChI=1S/C21H18ClN7O/c1-12-6-14(7-18(22)26-12)10-29-13(2)27-20-17(29)8-15(9-23-20)28-5-4-16-19(28)21(30-3)25-11-24-16/h4-9,11H,10H2,1-3H3. The van der Waals surface area contributed by atoms with Crippen molar-refractivity contribution in [3.63, 3.8) is 0 Å². The number of imidazole rings is 1. The summed E-state index contributed by atoms with van der Waals surface area (Å²) in [5.41, 5.74) is 6.01. The van der Waals surface area contributed by atoms with Crippen molar-refractivity contribution < 1.29 is 4.74 Å². The molecule has 5 rings (SSSR count). The van der Waals surface area contributed by atoms with Crippen LogP contribution in [0.2, 0.25) is 5.15 Å². The van der Waals surface area contributed by atoms with Crippen molar-refractivity contribution in [2.45, 2.75) is 20.4 Å². The lowest BCUT2D eigenvalue weighted by atomic mass is 10.2. The minimum absolute atomic E-state index is 0.483. The van der Waals surface area contributed by atoms with Gasteiger partial charge in [-0.3, -0.25) is 0 Å². The molecule has 0 amide bonds. The number of halogens is 1. The van der Waals surface area contributed by atoms with Crippen molar-refractivity contribution >= 4 is 33.8 Å². The van der Waals surface area contributed by atoms with Gasteiger partial charge in [-0.2, -0.15) is 4.98 Å². The monoisotopic (exact) mass is 419 g/mol. The number of hydrogen-bond donors (Lipinski definition) is 0. The highest BCUT2D eigenvalue weighted by atomic mass is 35.5. The number of methoxy groups -OCH3 is 1. The number of aryl methyl sites for hydroxylation is 2. The third kappa shape index (κ3) is 3.05. The molecule has 8 nitrogen and oxygen atoms in total. The van der Waals surface area contributed by atoms with Crippen LogP contribution in [-0.2, 0) is 6.54 Å². The molecule has 0 aliphatic heterocycles. The van der Waals surface area contributed by atoms with Gasteiger partial charge >= 0.3 is 0 Å². The van der Waals surface area contributed by atoms with E-state index >= 15 is 0 Å². The van der Waals surface area contributed by atoms with Gasteiger partial charge < -0.3 is 13.9 Å². The fourth-order valence-electron chi connectivity index (χ4n) is 3.72. The maximum absolute atomic E-state index is 6.15.